The zero-order chi connectivity index (χ0) is 13.0. The topological polar surface area (TPSA) is 42.6 Å². The summed E-state index contributed by atoms with van der Waals surface area (Å²) in [4.78, 5) is 0. The van der Waals surface area contributed by atoms with Gasteiger partial charge in [0.25, 0.3) is 0 Å². The average Bonchev–Trinajstić information content (AvgIpc) is 2.83. The third kappa shape index (κ3) is 3.28. The summed E-state index contributed by atoms with van der Waals surface area (Å²) in [7, 11) is 1.64. The quantitative estimate of drug-likeness (QED) is 0.899. The van der Waals surface area contributed by atoms with Gasteiger partial charge in [0.2, 0.25) is 0 Å². The highest BCUT2D eigenvalue weighted by molar-refractivity contribution is 6.28. The van der Waals surface area contributed by atoms with Crippen molar-refractivity contribution in [3.63, 3.8) is 0 Å². The van der Waals surface area contributed by atoms with Crippen molar-refractivity contribution in [3.8, 4) is 5.75 Å². The number of furan rings is 1. The monoisotopic (exact) mass is 266 g/mol. The molecule has 1 aromatic heterocycles. The number of aliphatic hydroxyl groups excluding tert-OH is 1. The van der Waals surface area contributed by atoms with Gasteiger partial charge in [0.15, 0.2) is 5.22 Å². The van der Waals surface area contributed by atoms with E-state index in [1.165, 1.54) is 0 Å². The van der Waals surface area contributed by atoms with Crippen LogP contribution in [0.4, 0.5) is 0 Å². The van der Waals surface area contributed by atoms with E-state index >= 15 is 0 Å². The van der Waals surface area contributed by atoms with Gasteiger partial charge in [-0.25, -0.2) is 0 Å². The molecule has 1 N–H and O–H groups in total. The second-order valence-electron chi connectivity index (χ2n) is 4.04. The fourth-order valence-electron chi connectivity index (χ4n) is 1.75. The molecule has 0 amide bonds. The molecule has 1 unspecified atom stereocenters. The van der Waals surface area contributed by atoms with Crippen molar-refractivity contribution in [2.45, 2.75) is 18.9 Å². The molecule has 4 heteroatoms. The molecule has 96 valence electrons. The summed E-state index contributed by atoms with van der Waals surface area (Å²) in [5.74, 6) is 1.34. The zero-order valence-electron chi connectivity index (χ0n) is 10.1. The van der Waals surface area contributed by atoms with E-state index in [2.05, 4.69) is 0 Å². The molecule has 0 aliphatic heterocycles. The first-order chi connectivity index (χ1) is 8.69. The van der Waals surface area contributed by atoms with E-state index in [1.54, 1.807) is 19.2 Å². The fourth-order valence-corrected chi connectivity index (χ4v) is 1.90. The van der Waals surface area contributed by atoms with Crippen LogP contribution in [0.1, 0.15) is 23.8 Å². The Morgan fingerprint density at radius 1 is 1.22 bits per heavy atom. The molecule has 0 bridgehead atoms. The van der Waals surface area contributed by atoms with Gasteiger partial charge < -0.3 is 14.3 Å². The van der Waals surface area contributed by atoms with Crippen LogP contribution in [0.3, 0.4) is 0 Å². The van der Waals surface area contributed by atoms with E-state index in [4.69, 9.17) is 20.8 Å². The van der Waals surface area contributed by atoms with E-state index in [-0.39, 0.29) is 0 Å². The first-order valence-electron chi connectivity index (χ1n) is 5.75. The third-order valence-corrected chi connectivity index (χ3v) is 2.99. The summed E-state index contributed by atoms with van der Waals surface area (Å²) in [5, 5.41) is 10.2. The highest BCUT2D eigenvalue weighted by Gasteiger charge is 2.11. The van der Waals surface area contributed by atoms with Crippen molar-refractivity contribution in [3.05, 3.63) is 52.9 Å². The number of methoxy groups -OCH3 is 1. The van der Waals surface area contributed by atoms with Crippen molar-refractivity contribution in [2.75, 3.05) is 7.11 Å². The van der Waals surface area contributed by atoms with Crippen molar-refractivity contribution in [2.24, 2.45) is 0 Å². The molecule has 0 aliphatic rings. The van der Waals surface area contributed by atoms with Crippen LogP contribution < -0.4 is 4.74 Å². The minimum Gasteiger partial charge on any atom is -0.497 e. The highest BCUT2D eigenvalue weighted by Crippen LogP contribution is 2.24. The van der Waals surface area contributed by atoms with Crippen LogP contribution in [0, 0.1) is 0 Å². The van der Waals surface area contributed by atoms with Gasteiger partial charge in [-0.2, -0.15) is 0 Å². The van der Waals surface area contributed by atoms with Crippen molar-refractivity contribution in [1.82, 2.24) is 0 Å². The van der Waals surface area contributed by atoms with Crippen LogP contribution in [-0.4, -0.2) is 12.2 Å². The second kappa shape index (κ2) is 5.94. The molecule has 18 heavy (non-hydrogen) atoms. The van der Waals surface area contributed by atoms with Gasteiger partial charge in [-0.1, -0.05) is 12.1 Å². The zero-order valence-corrected chi connectivity index (χ0v) is 10.9. The number of aliphatic hydroxyl groups is 1. The Hall–Kier alpha value is -1.45. The summed E-state index contributed by atoms with van der Waals surface area (Å²) < 4.78 is 10.3. The molecule has 3 nitrogen and oxygen atoms in total. The van der Waals surface area contributed by atoms with Crippen molar-refractivity contribution < 1.29 is 14.3 Å². The molecule has 0 saturated heterocycles. The van der Waals surface area contributed by atoms with Crippen LogP contribution in [0.2, 0.25) is 5.22 Å². The molecule has 2 rings (SSSR count). The Bertz CT molecular complexity index is 490. The first kappa shape index (κ1) is 13.0. The number of hydrogen-bond acceptors (Lipinski definition) is 3. The molecule has 0 spiro atoms. The Morgan fingerprint density at radius 2 is 1.94 bits per heavy atom. The van der Waals surface area contributed by atoms with Crippen LogP contribution in [0.5, 0.6) is 5.75 Å². The standard InChI is InChI=1S/C14H15ClO3/c1-17-11-5-2-10(3-6-11)4-7-12(16)13-8-9-14(15)18-13/h2-3,5-6,8-9,12,16H,4,7H2,1H3. The second-order valence-corrected chi connectivity index (χ2v) is 4.42. The number of rotatable bonds is 5. The molecule has 1 aromatic carbocycles. The van der Waals surface area contributed by atoms with Gasteiger partial charge >= 0.3 is 0 Å². The molecule has 0 radical (unpaired) electrons. The maximum Gasteiger partial charge on any atom is 0.193 e. The van der Waals surface area contributed by atoms with Crippen LogP contribution >= 0.6 is 11.6 Å². The minimum atomic E-state index is -0.625. The average molecular weight is 267 g/mol. The summed E-state index contributed by atoms with van der Waals surface area (Å²) in [6.45, 7) is 0. The lowest BCUT2D eigenvalue weighted by molar-refractivity contribution is 0.140. The molecule has 1 heterocycles. The van der Waals surface area contributed by atoms with Gasteiger partial charge in [0.05, 0.1) is 7.11 Å². The summed E-state index contributed by atoms with van der Waals surface area (Å²) in [6, 6.07) is 11.1. The third-order valence-electron chi connectivity index (χ3n) is 2.79. The Labute approximate surface area is 111 Å². The Morgan fingerprint density at radius 3 is 2.50 bits per heavy atom. The lowest BCUT2D eigenvalue weighted by Crippen LogP contribution is -1.98. The molecular formula is C14H15ClO3. The van der Waals surface area contributed by atoms with E-state index in [0.29, 0.717) is 17.4 Å². The van der Waals surface area contributed by atoms with E-state index in [0.717, 1.165) is 17.7 Å². The largest absolute Gasteiger partial charge is 0.497 e. The van der Waals surface area contributed by atoms with Crippen molar-refractivity contribution in [1.29, 1.82) is 0 Å². The van der Waals surface area contributed by atoms with E-state index in [1.807, 2.05) is 24.3 Å². The first-order valence-corrected chi connectivity index (χ1v) is 6.13. The van der Waals surface area contributed by atoms with Crippen LogP contribution in [-0.2, 0) is 6.42 Å². The van der Waals surface area contributed by atoms with Crippen LogP contribution in [0.25, 0.3) is 0 Å². The van der Waals surface area contributed by atoms with Gasteiger partial charge in [-0.15, -0.1) is 0 Å². The lowest BCUT2D eigenvalue weighted by Gasteiger charge is -2.08. The molecule has 1 atom stereocenters. The predicted octanol–water partition coefficient (Wildman–Crippen LogP) is 3.61. The fraction of sp³-hybridized carbons (Fsp3) is 0.286. The summed E-state index contributed by atoms with van der Waals surface area (Å²) in [6.07, 6.45) is 0.735. The maximum absolute atomic E-state index is 9.92. The normalized spacial score (nSPS) is 12.4. The number of ether oxygens (including phenoxy) is 1. The van der Waals surface area contributed by atoms with Gasteiger partial charge in [-0.05, 0) is 54.3 Å². The molecular weight excluding hydrogens is 252 g/mol. The lowest BCUT2D eigenvalue weighted by atomic mass is 10.1. The number of aryl methyl sites for hydroxylation is 1. The minimum absolute atomic E-state index is 0.300. The smallest absolute Gasteiger partial charge is 0.193 e. The summed E-state index contributed by atoms with van der Waals surface area (Å²) in [5.41, 5.74) is 1.15. The Balaban J connectivity index is 1.90. The van der Waals surface area contributed by atoms with Gasteiger partial charge in [0.1, 0.15) is 17.6 Å². The van der Waals surface area contributed by atoms with Gasteiger partial charge in [-0.3, -0.25) is 0 Å². The SMILES string of the molecule is COc1ccc(CCC(O)c2ccc(Cl)o2)cc1. The van der Waals surface area contributed by atoms with E-state index < -0.39 is 6.10 Å². The molecule has 0 aliphatic carbocycles. The van der Waals surface area contributed by atoms with Gasteiger partial charge in [0, 0.05) is 0 Å². The molecule has 0 saturated carbocycles. The summed E-state index contributed by atoms with van der Waals surface area (Å²) >= 11 is 5.66. The highest BCUT2D eigenvalue weighted by atomic mass is 35.5. The van der Waals surface area contributed by atoms with Crippen molar-refractivity contribution >= 4 is 11.6 Å². The number of halogens is 1. The molecule has 2 aromatic rings. The van der Waals surface area contributed by atoms with Crippen LogP contribution in [0.15, 0.2) is 40.8 Å². The molecule has 0 fully saturated rings. The predicted molar refractivity (Wildman–Crippen MR) is 70.0 cm³/mol. The maximum atomic E-state index is 9.92. The van der Waals surface area contributed by atoms with E-state index in [9.17, 15) is 5.11 Å². The Kier molecular flexibility index (Phi) is 4.28. The number of benzene rings is 1. The number of hydrogen-bond donors (Lipinski definition) is 1.